The number of carbonyl (C=O) groups excluding carboxylic acids is 1. The number of nitrogens with one attached hydrogen (secondary N) is 1. The number of allylic oxidation sites excluding steroid dienone is 1. The van der Waals surface area contributed by atoms with Crippen LogP contribution in [0.15, 0.2) is 63.7 Å². The smallest absolute Gasteiger partial charge is 0.332 e. The minimum Gasteiger partial charge on any atom is -0.340 e. The molecule has 6 nitrogen and oxygen atoms in total. The average Bonchev–Trinajstić information content (AvgIpc) is 3.08. The number of Topliss-reactive ketones (excluding diaryl/α,β-unsaturated/α-hetero) is 1. The lowest BCUT2D eigenvalue weighted by Gasteiger charge is -2.29. The summed E-state index contributed by atoms with van der Waals surface area (Å²) in [6.45, 7) is 2.13. The van der Waals surface area contributed by atoms with Gasteiger partial charge >= 0.3 is 5.69 Å². The molecule has 1 atom stereocenters. The predicted molar refractivity (Wildman–Crippen MR) is 121 cm³/mol. The summed E-state index contributed by atoms with van der Waals surface area (Å²) < 4.78 is 2.56. The van der Waals surface area contributed by atoms with Crippen LogP contribution in [-0.2, 0) is 20.5 Å². The third kappa shape index (κ3) is 2.68. The minimum atomic E-state index is -0.549. The van der Waals surface area contributed by atoms with Gasteiger partial charge in [-0.25, -0.2) is 4.79 Å². The Balaban J connectivity index is 1.82. The summed E-state index contributed by atoms with van der Waals surface area (Å²) in [4.78, 5) is 39.4. The van der Waals surface area contributed by atoms with Gasteiger partial charge in [-0.05, 0) is 17.5 Å². The molecule has 0 saturated heterocycles. The summed E-state index contributed by atoms with van der Waals surface area (Å²) in [5.41, 5.74) is 4.37. The molecule has 1 aromatic heterocycles. The highest BCUT2D eigenvalue weighted by Crippen LogP contribution is 2.47. The molecule has 1 aliphatic carbocycles. The van der Waals surface area contributed by atoms with Crippen LogP contribution in [-0.4, -0.2) is 14.9 Å². The van der Waals surface area contributed by atoms with Gasteiger partial charge in [0.15, 0.2) is 5.78 Å². The molecule has 156 valence electrons. The molecule has 0 radical (unpaired) electrons. The van der Waals surface area contributed by atoms with Crippen molar-refractivity contribution in [3.05, 3.63) is 103 Å². The molecule has 0 spiro atoms. The highest BCUT2D eigenvalue weighted by molar-refractivity contribution is 6.23. The number of hydrogen-bond donors (Lipinski definition) is 1. The van der Waals surface area contributed by atoms with Crippen molar-refractivity contribution >= 4 is 17.3 Å². The molecule has 1 aliphatic heterocycles. The van der Waals surface area contributed by atoms with E-state index in [2.05, 4.69) is 24.4 Å². The molecule has 0 saturated carbocycles. The summed E-state index contributed by atoms with van der Waals surface area (Å²) in [5, 5.41) is 3.26. The standard InChI is InChI=1S/C25H23N3O3/c1-4-7-14-10-12-15(13-11-14)18-19-21(16-8-5-6-9-17(16)22(19)29)26-23-20(18)24(30)28(3)25(31)27(23)2/h5-6,8-13,18,26H,4,7H2,1-3H3/t18-/m1/s1. The highest BCUT2D eigenvalue weighted by Gasteiger charge is 2.42. The Hall–Kier alpha value is -3.67. The van der Waals surface area contributed by atoms with Crippen molar-refractivity contribution in [1.29, 1.82) is 0 Å². The Morgan fingerprint density at radius 1 is 0.903 bits per heavy atom. The van der Waals surface area contributed by atoms with Crippen molar-refractivity contribution in [2.75, 3.05) is 5.32 Å². The molecule has 2 aromatic carbocycles. The molecule has 0 amide bonds. The van der Waals surface area contributed by atoms with Crippen molar-refractivity contribution < 1.29 is 4.79 Å². The molecule has 31 heavy (non-hydrogen) atoms. The molecule has 0 unspecified atom stereocenters. The zero-order valence-electron chi connectivity index (χ0n) is 17.7. The number of aryl methyl sites for hydroxylation is 1. The van der Waals surface area contributed by atoms with Crippen molar-refractivity contribution in [3.63, 3.8) is 0 Å². The Bertz CT molecular complexity index is 1390. The quantitative estimate of drug-likeness (QED) is 0.716. The fourth-order valence-electron chi connectivity index (χ4n) is 4.76. The zero-order chi connectivity index (χ0) is 21.9. The van der Waals surface area contributed by atoms with Gasteiger partial charge in [0.1, 0.15) is 5.82 Å². The zero-order valence-corrected chi connectivity index (χ0v) is 17.7. The molecular formula is C25H23N3O3. The third-order valence-corrected chi connectivity index (χ3v) is 6.33. The second kappa shape index (κ2) is 6.94. The first kappa shape index (κ1) is 19.3. The van der Waals surface area contributed by atoms with E-state index in [9.17, 15) is 14.4 Å². The largest absolute Gasteiger partial charge is 0.340 e. The lowest BCUT2D eigenvalue weighted by atomic mass is 9.81. The first-order valence-electron chi connectivity index (χ1n) is 10.5. The molecule has 6 heteroatoms. The maximum absolute atomic E-state index is 13.5. The Kier molecular flexibility index (Phi) is 4.32. The van der Waals surface area contributed by atoms with E-state index < -0.39 is 11.6 Å². The Morgan fingerprint density at radius 3 is 2.26 bits per heavy atom. The maximum atomic E-state index is 13.5. The number of carbonyl (C=O) groups is 1. The average molecular weight is 413 g/mol. The van der Waals surface area contributed by atoms with Crippen LogP contribution in [0.1, 0.15) is 51.9 Å². The Morgan fingerprint density at radius 2 is 1.58 bits per heavy atom. The van der Waals surface area contributed by atoms with Crippen LogP contribution in [0.3, 0.4) is 0 Å². The number of ketones is 1. The molecule has 0 fully saturated rings. The summed E-state index contributed by atoms with van der Waals surface area (Å²) in [6, 6.07) is 15.5. The molecule has 0 bridgehead atoms. The number of aromatic nitrogens is 2. The van der Waals surface area contributed by atoms with Crippen LogP contribution >= 0.6 is 0 Å². The number of rotatable bonds is 3. The summed E-state index contributed by atoms with van der Waals surface area (Å²) in [7, 11) is 3.12. The lowest BCUT2D eigenvalue weighted by Crippen LogP contribution is -2.42. The van der Waals surface area contributed by atoms with E-state index in [1.54, 1.807) is 13.1 Å². The van der Waals surface area contributed by atoms with Gasteiger partial charge in [-0.3, -0.25) is 18.7 Å². The summed E-state index contributed by atoms with van der Waals surface area (Å²) >= 11 is 0. The van der Waals surface area contributed by atoms with Crippen LogP contribution < -0.4 is 16.6 Å². The van der Waals surface area contributed by atoms with Crippen molar-refractivity contribution in [1.82, 2.24) is 9.13 Å². The van der Waals surface area contributed by atoms with Crippen molar-refractivity contribution in [2.45, 2.75) is 25.7 Å². The van der Waals surface area contributed by atoms with E-state index in [1.807, 2.05) is 30.3 Å². The van der Waals surface area contributed by atoms with Crippen molar-refractivity contribution in [3.8, 4) is 0 Å². The lowest BCUT2D eigenvalue weighted by molar-refractivity contribution is 0.103. The van der Waals surface area contributed by atoms with E-state index in [-0.39, 0.29) is 11.3 Å². The van der Waals surface area contributed by atoms with Crippen LogP contribution in [0.25, 0.3) is 5.70 Å². The SMILES string of the molecule is CCCc1ccc([C@@H]2C3=C(Nc4c2c(=O)n(C)c(=O)n4C)c2ccccc2C3=O)cc1. The molecular weight excluding hydrogens is 390 g/mol. The van der Waals surface area contributed by atoms with Gasteiger partial charge in [0.25, 0.3) is 5.56 Å². The molecule has 1 N–H and O–H groups in total. The van der Waals surface area contributed by atoms with Gasteiger partial charge in [-0.1, -0.05) is 61.9 Å². The highest BCUT2D eigenvalue weighted by atomic mass is 16.2. The molecule has 5 rings (SSSR count). The van der Waals surface area contributed by atoms with E-state index in [0.717, 1.165) is 28.5 Å². The number of benzene rings is 2. The first-order valence-corrected chi connectivity index (χ1v) is 10.5. The predicted octanol–water partition coefficient (Wildman–Crippen LogP) is 3.20. The Labute approximate surface area is 179 Å². The van der Waals surface area contributed by atoms with Gasteiger partial charge < -0.3 is 5.32 Å². The summed E-state index contributed by atoms with van der Waals surface area (Å²) in [5.74, 6) is -0.186. The molecule has 2 heterocycles. The van der Waals surface area contributed by atoms with Crippen LogP contribution in [0.5, 0.6) is 0 Å². The van der Waals surface area contributed by atoms with Crippen LogP contribution in [0.2, 0.25) is 0 Å². The van der Waals surface area contributed by atoms with Gasteiger partial charge in [0.05, 0.1) is 11.3 Å². The van der Waals surface area contributed by atoms with E-state index >= 15 is 0 Å². The number of fused-ring (bicyclic) bond motifs is 3. The molecule has 3 aromatic rings. The number of hydrogen-bond acceptors (Lipinski definition) is 4. The van der Waals surface area contributed by atoms with Crippen LogP contribution in [0, 0.1) is 0 Å². The van der Waals surface area contributed by atoms with Crippen LogP contribution in [0.4, 0.5) is 5.82 Å². The van der Waals surface area contributed by atoms with E-state index in [4.69, 9.17) is 0 Å². The summed E-state index contributed by atoms with van der Waals surface area (Å²) in [6.07, 6.45) is 2.01. The topological polar surface area (TPSA) is 73.1 Å². The first-order chi connectivity index (χ1) is 14.9. The normalized spacial score (nSPS) is 16.6. The third-order valence-electron chi connectivity index (χ3n) is 6.33. The van der Waals surface area contributed by atoms with E-state index in [0.29, 0.717) is 28.2 Å². The fourth-order valence-corrected chi connectivity index (χ4v) is 4.76. The maximum Gasteiger partial charge on any atom is 0.332 e. The number of nitrogens with zero attached hydrogens (tertiary/aromatic N) is 2. The second-order valence-corrected chi connectivity index (χ2v) is 8.18. The van der Waals surface area contributed by atoms with Gasteiger partial charge in [0, 0.05) is 36.7 Å². The van der Waals surface area contributed by atoms with Gasteiger partial charge in [-0.2, -0.15) is 0 Å². The van der Waals surface area contributed by atoms with Crippen molar-refractivity contribution in [2.24, 2.45) is 14.1 Å². The second-order valence-electron chi connectivity index (χ2n) is 8.18. The molecule has 2 aliphatic rings. The fraction of sp³-hybridized carbons (Fsp3) is 0.240. The number of anilines is 1. The van der Waals surface area contributed by atoms with Gasteiger partial charge in [-0.15, -0.1) is 0 Å². The minimum absolute atomic E-state index is 0.0812. The monoisotopic (exact) mass is 413 g/mol. The van der Waals surface area contributed by atoms with E-state index in [1.165, 1.54) is 17.2 Å². The van der Waals surface area contributed by atoms with Gasteiger partial charge in [0.2, 0.25) is 0 Å².